The van der Waals surface area contributed by atoms with E-state index in [2.05, 4.69) is 0 Å². The maximum atomic E-state index is 13.1. The summed E-state index contributed by atoms with van der Waals surface area (Å²) in [6.45, 7) is 0.876. The Balaban J connectivity index is 1.50. The maximum Gasteiger partial charge on any atom is 0.265 e. The van der Waals surface area contributed by atoms with Gasteiger partial charge in [0.25, 0.3) is 5.91 Å². The van der Waals surface area contributed by atoms with E-state index in [1.54, 1.807) is 29.2 Å². The van der Waals surface area contributed by atoms with Gasteiger partial charge in [0.1, 0.15) is 4.88 Å². The smallest absolute Gasteiger partial charge is 0.265 e. The fourth-order valence-corrected chi connectivity index (χ4v) is 6.77. The third-order valence-electron chi connectivity index (χ3n) is 5.30. The lowest BCUT2D eigenvalue weighted by Gasteiger charge is -2.34. The van der Waals surface area contributed by atoms with Crippen LogP contribution in [0.2, 0.25) is 10.0 Å². The molecule has 0 spiro atoms. The number of thiophene rings is 1. The van der Waals surface area contributed by atoms with Crippen LogP contribution in [-0.4, -0.2) is 63.9 Å². The summed E-state index contributed by atoms with van der Waals surface area (Å²) in [7, 11) is -0.809. The Morgan fingerprint density at radius 1 is 0.969 bits per heavy atom. The largest absolute Gasteiger partial charge is 0.493 e. The molecule has 2 heterocycles. The highest BCUT2D eigenvalue weighted by molar-refractivity contribution is 7.89. The zero-order chi connectivity index (χ0) is 23.0. The number of sulfonamides is 1. The molecular formula is C21H20Cl2N2O5S2. The van der Waals surface area contributed by atoms with Gasteiger partial charge in [-0.1, -0.05) is 29.3 Å². The Hall–Kier alpha value is -2.04. The Kier molecular flexibility index (Phi) is 6.56. The molecule has 1 saturated heterocycles. The standard InChI is InChI=1S/C21H20Cl2N2O5S2/c1-29-16-6-4-14(12-17(16)30-2)32(27,28)25-9-7-24(8-10-25)21(26)20-19(23)15-5-3-13(22)11-18(15)31-20/h3-6,11-12H,7-10H2,1-2H3. The minimum Gasteiger partial charge on any atom is -0.493 e. The van der Waals surface area contributed by atoms with Crippen LogP contribution < -0.4 is 9.47 Å². The number of amides is 1. The van der Waals surface area contributed by atoms with E-state index in [1.165, 1.54) is 42.0 Å². The van der Waals surface area contributed by atoms with Crippen molar-refractivity contribution in [2.75, 3.05) is 40.4 Å². The van der Waals surface area contributed by atoms with Crippen molar-refractivity contribution >= 4 is 60.6 Å². The number of fused-ring (bicyclic) bond motifs is 1. The number of rotatable bonds is 5. The van der Waals surface area contributed by atoms with E-state index >= 15 is 0 Å². The highest BCUT2D eigenvalue weighted by atomic mass is 35.5. The van der Waals surface area contributed by atoms with Crippen LogP contribution in [0.15, 0.2) is 41.3 Å². The zero-order valence-electron chi connectivity index (χ0n) is 17.3. The van der Waals surface area contributed by atoms with E-state index in [9.17, 15) is 13.2 Å². The van der Waals surface area contributed by atoms with Gasteiger partial charge in [0.2, 0.25) is 10.0 Å². The molecule has 0 unspecified atom stereocenters. The molecule has 4 rings (SSSR count). The maximum absolute atomic E-state index is 13.1. The second-order valence-electron chi connectivity index (χ2n) is 7.10. The highest BCUT2D eigenvalue weighted by Gasteiger charge is 2.32. The molecule has 1 aliphatic rings. The molecule has 0 bridgehead atoms. The van der Waals surface area contributed by atoms with E-state index in [4.69, 9.17) is 32.7 Å². The van der Waals surface area contributed by atoms with Gasteiger partial charge in [0.05, 0.1) is 24.1 Å². The van der Waals surface area contributed by atoms with Crippen molar-refractivity contribution in [3.05, 3.63) is 51.3 Å². The number of nitrogens with zero attached hydrogens (tertiary/aromatic N) is 2. The molecule has 2 aromatic carbocycles. The molecule has 170 valence electrons. The highest BCUT2D eigenvalue weighted by Crippen LogP contribution is 2.37. The summed E-state index contributed by atoms with van der Waals surface area (Å²) in [5.41, 5.74) is 0. The van der Waals surface area contributed by atoms with Crippen molar-refractivity contribution in [3.63, 3.8) is 0 Å². The molecule has 0 atom stereocenters. The first-order valence-corrected chi connectivity index (χ1v) is 12.7. The molecule has 7 nitrogen and oxygen atoms in total. The van der Waals surface area contributed by atoms with Crippen molar-refractivity contribution in [1.82, 2.24) is 9.21 Å². The average Bonchev–Trinajstić information content (AvgIpc) is 3.13. The predicted molar refractivity (Wildman–Crippen MR) is 126 cm³/mol. The molecule has 1 amide bonds. The van der Waals surface area contributed by atoms with Crippen LogP contribution in [0.3, 0.4) is 0 Å². The molecule has 11 heteroatoms. The SMILES string of the molecule is COc1ccc(S(=O)(=O)N2CCN(C(=O)c3sc4cc(Cl)ccc4c3Cl)CC2)cc1OC. The van der Waals surface area contributed by atoms with Crippen LogP contribution in [-0.2, 0) is 10.0 Å². The minimum atomic E-state index is -3.75. The van der Waals surface area contributed by atoms with Crippen molar-refractivity contribution in [3.8, 4) is 11.5 Å². The lowest BCUT2D eigenvalue weighted by Crippen LogP contribution is -2.50. The van der Waals surface area contributed by atoms with Crippen LogP contribution in [0, 0.1) is 0 Å². The number of carbonyl (C=O) groups excluding carboxylic acids is 1. The van der Waals surface area contributed by atoms with E-state index in [0.717, 1.165) is 10.1 Å². The number of hydrogen-bond donors (Lipinski definition) is 0. The average molecular weight is 515 g/mol. The first kappa shape index (κ1) is 23.1. The molecule has 0 radical (unpaired) electrons. The summed E-state index contributed by atoms with van der Waals surface area (Å²) in [5.74, 6) is 0.570. The minimum absolute atomic E-state index is 0.111. The Bertz CT molecular complexity index is 1280. The van der Waals surface area contributed by atoms with Gasteiger partial charge in [-0.25, -0.2) is 8.42 Å². The normalized spacial score (nSPS) is 15.2. The molecule has 1 aliphatic heterocycles. The number of piperazine rings is 1. The van der Waals surface area contributed by atoms with Gasteiger partial charge in [-0.05, 0) is 24.3 Å². The predicted octanol–water partition coefficient (Wildman–Crippen LogP) is 4.37. The van der Waals surface area contributed by atoms with Gasteiger partial charge in [-0.3, -0.25) is 4.79 Å². The number of carbonyl (C=O) groups is 1. The summed E-state index contributed by atoms with van der Waals surface area (Å²) in [6.07, 6.45) is 0. The van der Waals surface area contributed by atoms with E-state index in [1.807, 2.05) is 0 Å². The zero-order valence-corrected chi connectivity index (χ0v) is 20.4. The summed E-state index contributed by atoms with van der Waals surface area (Å²) in [5, 5.41) is 1.74. The number of benzene rings is 2. The summed E-state index contributed by atoms with van der Waals surface area (Å²) in [4.78, 5) is 15.2. The monoisotopic (exact) mass is 514 g/mol. The molecule has 1 fully saturated rings. The molecule has 3 aromatic rings. The molecule has 1 aromatic heterocycles. The van der Waals surface area contributed by atoms with Crippen LogP contribution in [0.5, 0.6) is 11.5 Å². The van der Waals surface area contributed by atoms with Crippen molar-refractivity contribution < 1.29 is 22.7 Å². The Labute approximate surface area is 200 Å². The molecule has 0 saturated carbocycles. The topological polar surface area (TPSA) is 76.2 Å². The summed E-state index contributed by atoms with van der Waals surface area (Å²) in [6, 6.07) is 9.78. The second kappa shape index (κ2) is 9.07. The van der Waals surface area contributed by atoms with Gasteiger partial charge in [-0.15, -0.1) is 11.3 Å². The van der Waals surface area contributed by atoms with Gasteiger partial charge in [0, 0.05) is 47.4 Å². The summed E-state index contributed by atoms with van der Waals surface area (Å²) < 4.78 is 38.8. The number of ether oxygens (including phenoxy) is 2. The van der Waals surface area contributed by atoms with Gasteiger partial charge in [-0.2, -0.15) is 4.31 Å². The van der Waals surface area contributed by atoms with Gasteiger partial charge in [0.15, 0.2) is 11.5 Å². The Morgan fingerprint density at radius 3 is 2.31 bits per heavy atom. The van der Waals surface area contributed by atoms with Crippen molar-refractivity contribution in [2.24, 2.45) is 0 Å². The van der Waals surface area contributed by atoms with Crippen LogP contribution in [0.25, 0.3) is 10.1 Å². The first-order chi connectivity index (χ1) is 15.3. The molecule has 0 aliphatic carbocycles. The van der Waals surface area contributed by atoms with Crippen LogP contribution in [0.4, 0.5) is 0 Å². The number of halogens is 2. The van der Waals surface area contributed by atoms with Crippen molar-refractivity contribution in [1.29, 1.82) is 0 Å². The van der Waals surface area contributed by atoms with E-state index in [-0.39, 0.29) is 37.0 Å². The third-order valence-corrected chi connectivity index (χ3v) is 9.08. The summed E-state index contributed by atoms with van der Waals surface area (Å²) >= 11 is 13.8. The van der Waals surface area contributed by atoms with Crippen molar-refractivity contribution in [2.45, 2.75) is 4.90 Å². The number of hydrogen-bond acceptors (Lipinski definition) is 6. The fraction of sp³-hybridized carbons (Fsp3) is 0.286. The lowest BCUT2D eigenvalue weighted by molar-refractivity contribution is 0.0703. The fourth-order valence-electron chi connectivity index (χ4n) is 3.58. The lowest BCUT2D eigenvalue weighted by atomic mass is 10.2. The number of methoxy groups -OCH3 is 2. The first-order valence-electron chi connectivity index (χ1n) is 9.65. The Morgan fingerprint density at radius 2 is 1.66 bits per heavy atom. The molecule has 0 N–H and O–H groups in total. The molecule has 32 heavy (non-hydrogen) atoms. The third kappa shape index (κ3) is 4.15. The molecular weight excluding hydrogens is 495 g/mol. The van der Waals surface area contributed by atoms with Crippen LogP contribution >= 0.6 is 34.5 Å². The van der Waals surface area contributed by atoms with E-state index in [0.29, 0.717) is 26.4 Å². The van der Waals surface area contributed by atoms with E-state index < -0.39 is 10.0 Å². The second-order valence-corrected chi connectivity index (χ2v) is 10.9. The van der Waals surface area contributed by atoms with Crippen LogP contribution in [0.1, 0.15) is 9.67 Å². The van der Waals surface area contributed by atoms with Gasteiger partial charge < -0.3 is 14.4 Å². The quantitative estimate of drug-likeness (QED) is 0.505. The van der Waals surface area contributed by atoms with Gasteiger partial charge >= 0.3 is 0 Å².